The molecule has 0 bridgehead atoms. The van der Waals surface area contributed by atoms with E-state index in [-0.39, 0.29) is 0 Å². The Balaban J connectivity index is 1.61. The van der Waals surface area contributed by atoms with Crippen LogP contribution >= 0.6 is 11.3 Å². The minimum absolute atomic E-state index is 0.533. The Morgan fingerprint density at radius 1 is 1.14 bits per heavy atom. The highest BCUT2D eigenvalue weighted by Gasteiger charge is 2.17. The minimum Gasteiger partial charge on any atom is -0.363 e. The van der Waals surface area contributed by atoms with Gasteiger partial charge in [-0.25, -0.2) is 9.97 Å². The van der Waals surface area contributed by atoms with E-state index in [4.69, 9.17) is 9.51 Å². The molecule has 0 radical (unpaired) electrons. The summed E-state index contributed by atoms with van der Waals surface area (Å²) in [7, 11) is 0. The summed E-state index contributed by atoms with van der Waals surface area (Å²) in [6, 6.07) is 0. The number of rotatable bonds is 3. The lowest BCUT2D eigenvalue weighted by molar-refractivity contribution is 0.442. The summed E-state index contributed by atoms with van der Waals surface area (Å²) in [6.45, 7) is 4.43. The molecular weight excluding hydrogens is 298 g/mol. The van der Waals surface area contributed by atoms with Gasteiger partial charge >= 0.3 is 0 Å². The van der Waals surface area contributed by atoms with Gasteiger partial charge in [-0.3, -0.25) is 0 Å². The SMILES string of the molecule is Cc1nc(NCc2nc3c(s2)CCCC3)c2c(C)noc2n1. The van der Waals surface area contributed by atoms with Gasteiger partial charge in [0.2, 0.25) is 0 Å². The molecule has 0 aliphatic heterocycles. The van der Waals surface area contributed by atoms with Crippen LogP contribution in [0.4, 0.5) is 5.82 Å². The maximum absolute atomic E-state index is 5.23. The number of hydrogen-bond donors (Lipinski definition) is 1. The van der Waals surface area contributed by atoms with E-state index in [2.05, 4.69) is 20.4 Å². The molecule has 0 amide bonds. The molecule has 1 N–H and O–H groups in total. The fourth-order valence-corrected chi connectivity index (χ4v) is 3.96. The zero-order valence-corrected chi connectivity index (χ0v) is 13.5. The highest BCUT2D eigenvalue weighted by molar-refractivity contribution is 7.11. The smallest absolute Gasteiger partial charge is 0.263 e. The van der Waals surface area contributed by atoms with Gasteiger partial charge in [0.25, 0.3) is 5.71 Å². The molecule has 0 saturated heterocycles. The van der Waals surface area contributed by atoms with Crippen molar-refractivity contribution in [3.05, 3.63) is 27.1 Å². The standard InChI is InChI=1S/C15H17N5OS/c1-8-13-14(17-9(2)18-15(13)21-20-8)16-7-12-19-10-5-3-4-6-11(10)22-12/h3-7H2,1-2H3,(H,16,17,18). The van der Waals surface area contributed by atoms with Crippen molar-refractivity contribution in [2.75, 3.05) is 5.32 Å². The van der Waals surface area contributed by atoms with Crippen LogP contribution in [0, 0.1) is 13.8 Å². The molecule has 0 aromatic carbocycles. The molecule has 3 aromatic heterocycles. The Labute approximate surface area is 132 Å². The Hall–Kier alpha value is -2.02. The van der Waals surface area contributed by atoms with Gasteiger partial charge in [-0.1, -0.05) is 5.16 Å². The second-order valence-electron chi connectivity index (χ2n) is 5.61. The van der Waals surface area contributed by atoms with Crippen molar-refractivity contribution in [2.45, 2.75) is 46.1 Å². The lowest BCUT2D eigenvalue weighted by Crippen LogP contribution is -2.04. The molecule has 0 spiro atoms. The van der Waals surface area contributed by atoms with Crippen molar-refractivity contribution in [2.24, 2.45) is 0 Å². The van der Waals surface area contributed by atoms with E-state index in [9.17, 15) is 0 Å². The van der Waals surface area contributed by atoms with Gasteiger partial charge in [0, 0.05) is 4.88 Å². The predicted molar refractivity (Wildman–Crippen MR) is 85.2 cm³/mol. The molecular formula is C15H17N5OS. The first-order chi connectivity index (χ1) is 10.7. The molecule has 22 heavy (non-hydrogen) atoms. The summed E-state index contributed by atoms with van der Waals surface area (Å²) in [5.41, 5.74) is 2.63. The van der Waals surface area contributed by atoms with Gasteiger partial charge in [-0.15, -0.1) is 11.3 Å². The number of thiazole rings is 1. The summed E-state index contributed by atoms with van der Waals surface area (Å²) in [5.74, 6) is 1.44. The van der Waals surface area contributed by atoms with Crippen LogP contribution in [-0.4, -0.2) is 20.1 Å². The molecule has 7 heteroatoms. The Morgan fingerprint density at radius 3 is 2.86 bits per heavy atom. The monoisotopic (exact) mass is 315 g/mol. The molecule has 1 aliphatic carbocycles. The molecule has 4 rings (SSSR count). The summed E-state index contributed by atoms with van der Waals surface area (Å²) >= 11 is 1.81. The fraction of sp³-hybridized carbons (Fsp3) is 0.467. The van der Waals surface area contributed by atoms with Gasteiger partial charge in [0.1, 0.15) is 22.0 Å². The third-order valence-corrected chi connectivity index (χ3v) is 5.07. The van der Waals surface area contributed by atoms with Gasteiger partial charge in [0.15, 0.2) is 0 Å². The summed E-state index contributed by atoms with van der Waals surface area (Å²) in [5, 5.41) is 9.32. The molecule has 114 valence electrons. The van der Waals surface area contributed by atoms with E-state index in [1.165, 1.54) is 29.8 Å². The first-order valence-electron chi connectivity index (χ1n) is 7.52. The van der Waals surface area contributed by atoms with E-state index in [0.29, 0.717) is 18.1 Å². The zero-order chi connectivity index (χ0) is 15.1. The fourth-order valence-electron chi connectivity index (χ4n) is 2.86. The van der Waals surface area contributed by atoms with Crippen LogP contribution in [0.25, 0.3) is 11.1 Å². The van der Waals surface area contributed by atoms with E-state index in [0.717, 1.165) is 28.3 Å². The normalized spacial score (nSPS) is 14.3. The van der Waals surface area contributed by atoms with E-state index < -0.39 is 0 Å². The van der Waals surface area contributed by atoms with Crippen molar-refractivity contribution in [3.63, 3.8) is 0 Å². The Bertz CT molecular complexity index is 814. The van der Waals surface area contributed by atoms with Crippen molar-refractivity contribution in [1.82, 2.24) is 20.1 Å². The molecule has 0 atom stereocenters. The molecule has 6 nitrogen and oxygen atoms in total. The van der Waals surface area contributed by atoms with E-state index in [1.807, 2.05) is 25.2 Å². The minimum atomic E-state index is 0.533. The van der Waals surface area contributed by atoms with Crippen molar-refractivity contribution >= 4 is 28.3 Å². The second kappa shape index (κ2) is 5.31. The number of aryl methyl sites for hydroxylation is 4. The van der Waals surface area contributed by atoms with Gasteiger partial charge < -0.3 is 9.84 Å². The maximum Gasteiger partial charge on any atom is 0.263 e. The summed E-state index contributed by atoms with van der Waals surface area (Å²) < 4.78 is 5.23. The van der Waals surface area contributed by atoms with Crippen LogP contribution in [0.1, 0.15) is 39.9 Å². The van der Waals surface area contributed by atoms with Gasteiger partial charge in [-0.05, 0) is 39.5 Å². The quantitative estimate of drug-likeness (QED) is 0.800. The molecule has 0 fully saturated rings. The molecule has 0 unspecified atom stereocenters. The lowest BCUT2D eigenvalue weighted by atomic mass is 10.0. The number of anilines is 1. The van der Waals surface area contributed by atoms with E-state index in [1.54, 1.807) is 0 Å². The van der Waals surface area contributed by atoms with Gasteiger partial charge in [-0.2, -0.15) is 4.98 Å². The first-order valence-corrected chi connectivity index (χ1v) is 8.34. The summed E-state index contributed by atoms with van der Waals surface area (Å²) in [4.78, 5) is 15.0. The maximum atomic E-state index is 5.23. The molecule has 3 aromatic rings. The summed E-state index contributed by atoms with van der Waals surface area (Å²) in [6.07, 6.45) is 4.84. The van der Waals surface area contributed by atoms with Gasteiger partial charge in [0.05, 0.1) is 17.9 Å². The van der Waals surface area contributed by atoms with Crippen LogP contribution < -0.4 is 5.32 Å². The van der Waals surface area contributed by atoms with Crippen LogP contribution in [0.5, 0.6) is 0 Å². The average molecular weight is 315 g/mol. The van der Waals surface area contributed by atoms with Crippen LogP contribution in [0.2, 0.25) is 0 Å². The average Bonchev–Trinajstić information content (AvgIpc) is 3.08. The van der Waals surface area contributed by atoms with Crippen LogP contribution in [-0.2, 0) is 19.4 Å². The van der Waals surface area contributed by atoms with Crippen molar-refractivity contribution in [3.8, 4) is 0 Å². The largest absolute Gasteiger partial charge is 0.363 e. The van der Waals surface area contributed by atoms with Crippen molar-refractivity contribution in [1.29, 1.82) is 0 Å². The molecule has 3 heterocycles. The molecule has 0 saturated carbocycles. The number of nitrogens with one attached hydrogen (secondary N) is 1. The van der Waals surface area contributed by atoms with E-state index >= 15 is 0 Å². The number of nitrogens with zero attached hydrogens (tertiary/aromatic N) is 4. The highest BCUT2D eigenvalue weighted by Crippen LogP contribution is 2.28. The predicted octanol–water partition coefficient (Wildman–Crippen LogP) is 3.18. The van der Waals surface area contributed by atoms with Crippen LogP contribution in [0.15, 0.2) is 4.52 Å². The lowest BCUT2D eigenvalue weighted by Gasteiger charge is -2.06. The number of fused-ring (bicyclic) bond motifs is 2. The highest BCUT2D eigenvalue weighted by atomic mass is 32.1. The molecule has 1 aliphatic rings. The Kier molecular flexibility index (Phi) is 3.29. The number of hydrogen-bond acceptors (Lipinski definition) is 7. The number of aromatic nitrogens is 4. The van der Waals surface area contributed by atoms with Crippen LogP contribution in [0.3, 0.4) is 0 Å². The third kappa shape index (κ3) is 2.35. The third-order valence-electron chi connectivity index (χ3n) is 3.92. The second-order valence-corrected chi connectivity index (χ2v) is 6.77. The topological polar surface area (TPSA) is 76.7 Å². The Morgan fingerprint density at radius 2 is 2.00 bits per heavy atom. The first kappa shape index (κ1) is 13.6. The zero-order valence-electron chi connectivity index (χ0n) is 12.6. The van der Waals surface area contributed by atoms with Crippen molar-refractivity contribution < 1.29 is 4.52 Å².